The van der Waals surface area contributed by atoms with Crippen molar-refractivity contribution in [1.29, 1.82) is 0 Å². The second-order valence-corrected chi connectivity index (χ2v) is 4.53. The highest BCUT2D eigenvalue weighted by Gasteiger charge is 2.27. The molecule has 2 rings (SSSR count). The third kappa shape index (κ3) is 2.63. The maximum atomic E-state index is 12.2. The summed E-state index contributed by atoms with van der Waals surface area (Å²) in [5.41, 5.74) is 0. The summed E-state index contributed by atoms with van der Waals surface area (Å²) in [7, 11) is 0. The molecule has 0 saturated carbocycles. The molecule has 2 unspecified atom stereocenters. The second-order valence-electron chi connectivity index (χ2n) is 4.53. The minimum Gasteiger partial charge on any atom is -0.396 e. The van der Waals surface area contributed by atoms with Gasteiger partial charge in [0.15, 0.2) is 0 Å². The van der Waals surface area contributed by atoms with Crippen molar-refractivity contribution in [3.8, 4) is 0 Å². The van der Waals surface area contributed by atoms with Gasteiger partial charge in [0.25, 0.3) is 0 Å². The molecule has 1 saturated heterocycles. The Morgan fingerprint density at radius 1 is 1.65 bits per heavy atom. The molecular weight excluding hydrogens is 220 g/mol. The number of hydrogen-bond donors (Lipinski definition) is 1. The summed E-state index contributed by atoms with van der Waals surface area (Å²) >= 11 is 0. The van der Waals surface area contributed by atoms with E-state index >= 15 is 0 Å². The van der Waals surface area contributed by atoms with Crippen LogP contribution in [0.3, 0.4) is 0 Å². The summed E-state index contributed by atoms with van der Waals surface area (Å²) in [6.45, 7) is 3.39. The molecule has 0 bridgehead atoms. The van der Waals surface area contributed by atoms with E-state index in [2.05, 4.69) is 10.1 Å². The maximum Gasteiger partial charge on any atom is 0.247 e. The molecule has 1 aromatic heterocycles. The number of hydrogen-bond acceptors (Lipinski definition) is 4. The van der Waals surface area contributed by atoms with Gasteiger partial charge in [0.05, 0.1) is 0 Å². The average Bonchev–Trinajstić information content (AvgIpc) is 2.91. The third-order valence-corrected chi connectivity index (χ3v) is 3.28. The van der Waals surface area contributed by atoms with Crippen molar-refractivity contribution in [1.82, 2.24) is 19.7 Å². The van der Waals surface area contributed by atoms with Crippen molar-refractivity contribution >= 4 is 5.91 Å². The number of piperidine rings is 1. The number of rotatable bonds is 3. The van der Waals surface area contributed by atoms with Crippen molar-refractivity contribution in [3.05, 3.63) is 12.7 Å². The Morgan fingerprint density at radius 2 is 2.47 bits per heavy atom. The molecule has 0 spiro atoms. The van der Waals surface area contributed by atoms with E-state index in [0.717, 1.165) is 19.4 Å². The van der Waals surface area contributed by atoms with Crippen LogP contribution in [-0.4, -0.2) is 50.4 Å². The van der Waals surface area contributed by atoms with E-state index in [1.165, 1.54) is 6.33 Å². The fraction of sp³-hybridized carbons (Fsp3) is 0.727. The Kier molecular flexibility index (Phi) is 3.73. The van der Waals surface area contributed by atoms with Gasteiger partial charge in [-0.3, -0.25) is 4.79 Å². The number of aromatic nitrogens is 3. The van der Waals surface area contributed by atoms with Gasteiger partial charge >= 0.3 is 0 Å². The fourth-order valence-corrected chi connectivity index (χ4v) is 2.21. The van der Waals surface area contributed by atoms with E-state index in [1.54, 1.807) is 11.0 Å². The van der Waals surface area contributed by atoms with Crippen LogP contribution >= 0.6 is 0 Å². The number of amides is 1. The van der Waals surface area contributed by atoms with Gasteiger partial charge < -0.3 is 10.0 Å². The van der Waals surface area contributed by atoms with Crippen molar-refractivity contribution in [2.45, 2.75) is 25.8 Å². The maximum absolute atomic E-state index is 12.2. The molecule has 0 aromatic carbocycles. The molecule has 94 valence electrons. The van der Waals surface area contributed by atoms with Crippen LogP contribution in [0.2, 0.25) is 0 Å². The van der Waals surface area contributed by atoms with Gasteiger partial charge in [0.1, 0.15) is 18.7 Å². The monoisotopic (exact) mass is 238 g/mol. The minimum atomic E-state index is -0.324. The normalized spacial score (nSPS) is 22.5. The van der Waals surface area contributed by atoms with Gasteiger partial charge in [-0.2, -0.15) is 5.10 Å². The summed E-state index contributed by atoms with van der Waals surface area (Å²) < 4.78 is 1.56. The van der Waals surface area contributed by atoms with Crippen LogP contribution in [0.4, 0.5) is 0 Å². The summed E-state index contributed by atoms with van der Waals surface area (Å²) in [6.07, 6.45) is 4.94. The number of aliphatic hydroxyl groups is 1. The lowest BCUT2D eigenvalue weighted by atomic mass is 9.98. The highest BCUT2D eigenvalue weighted by Crippen LogP contribution is 2.18. The quantitative estimate of drug-likeness (QED) is 0.809. The number of nitrogens with zero attached hydrogens (tertiary/aromatic N) is 4. The van der Waals surface area contributed by atoms with E-state index in [4.69, 9.17) is 5.11 Å². The van der Waals surface area contributed by atoms with Crippen LogP contribution in [0.25, 0.3) is 0 Å². The van der Waals surface area contributed by atoms with Crippen molar-refractivity contribution in [3.63, 3.8) is 0 Å². The van der Waals surface area contributed by atoms with E-state index in [9.17, 15) is 4.79 Å². The zero-order valence-electron chi connectivity index (χ0n) is 9.99. The Morgan fingerprint density at radius 3 is 3.12 bits per heavy atom. The predicted octanol–water partition coefficient (Wildman–Crippen LogP) is 0.0700. The average molecular weight is 238 g/mol. The van der Waals surface area contributed by atoms with Crippen molar-refractivity contribution < 1.29 is 9.90 Å². The lowest BCUT2D eigenvalue weighted by Gasteiger charge is -2.33. The first-order valence-corrected chi connectivity index (χ1v) is 5.96. The second kappa shape index (κ2) is 5.27. The summed E-state index contributed by atoms with van der Waals surface area (Å²) in [5, 5.41) is 13.1. The van der Waals surface area contributed by atoms with Crippen molar-refractivity contribution in [2.75, 3.05) is 19.7 Å². The molecule has 17 heavy (non-hydrogen) atoms. The van der Waals surface area contributed by atoms with Crippen LogP contribution in [0.1, 0.15) is 25.8 Å². The Bertz CT molecular complexity index is 366. The molecule has 1 amide bonds. The standard InChI is InChI=1S/C11H18N4O2/c1-9(15-8-12-7-13-15)11(17)14-4-2-3-10(5-14)6-16/h7-10,16H,2-6H2,1H3. The van der Waals surface area contributed by atoms with Crippen LogP contribution in [0, 0.1) is 5.92 Å². The molecular formula is C11H18N4O2. The van der Waals surface area contributed by atoms with Crippen LogP contribution in [0.5, 0.6) is 0 Å². The molecule has 0 aliphatic carbocycles. The molecule has 1 fully saturated rings. The van der Waals surface area contributed by atoms with E-state index in [0.29, 0.717) is 6.54 Å². The SMILES string of the molecule is CC(C(=O)N1CCCC(CO)C1)n1cncn1. The molecule has 6 nitrogen and oxygen atoms in total. The molecule has 1 aromatic rings. The van der Waals surface area contributed by atoms with Gasteiger partial charge in [-0.25, -0.2) is 9.67 Å². The Hall–Kier alpha value is -1.43. The van der Waals surface area contributed by atoms with E-state index in [1.807, 2.05) is 11.8 Å². The summed E-state index contributed by atoms with van der Waals surface area (Å²) in [5.74, 6) is 0.268. The zero-order valence-corrected chi connectivity index (χ0v) is 9.99. The van der Waals surface area contributed by atoms with Gasteiger partial charge in [0, 0.05) is 19.7 Å². The molecule has 0 radical (unpaired) electrons. The van der Waals surface area contributed by atoms with E-state index in [-0.39, 0.29) is 24.5 Å². The minimum absolute atomic E-state index is 0.0497. The highest BCUT2D eigenvalue weighted by atomic mass is 16.3. The fourth-order valence-electron chi connectivity index (χ4n) is 2.21. The number of aliphatic hydroxyl groups excluding tert-OH is 1. The van der Waals surface area contributed by atoms with Gasteiger partial charge in [-0.15, -0.1) is 0 Å². The molecule has 2 heterocycles. The number of carbonyl (C=O) groups is 1. The Labute approximate surface area is 100 Å². The molecule has 1 N–H and O–H groups in total. The van der Waals surface area contributed by atoms with Crippen molar-refractivity contribution in [2.24, 2.45) is 5.92 Å². The van der Waals surface area contributed by atoms with E-state index < -0.39 is 0 Å². The third-order valence-electron chi connectivity index (χ3n) is 3.28. The predicted molar refractivity (Wildman–Crippen MR) is 61.1 cm³/mol. The first-order valence-electron chi connectivity index (χ1n) is 5.96. The lowest BCUT2D eigenvalue weighted by molar-refractivity contribution is -0.136. The smallest absolute Gasteiger partial charge is 0.247 e. The van der Waals surface area contributed by atoms with Crippen LogP contribution in [-0.2, 0) is 4.79 Å². The molecule has 1 aliphatic heterocycles. The largest absolute Gasteiger partial charge is 0.396 e. The van der Waals surface area contributed by atoms with Gasteiger partial charge in [-0.05, 0) is 25.7 Å². The highest BCUT2D eigenvalue weighted by molar-refractivity contribution is 5.80. The lowest BCUT2D eigenvalue weighted by Crippen LogP contribution is -2.43. The summed E-state index contributed by atoms with van der Waals surface area (Å²) in [6, 6.07) is -0.324. The Balaban J connectivity index is 1.99. The molecule has 6 heteroatoms. The van der Waals surface area contributed by atoms with Gasteiger partial charge in [0.2, 0.25) is 5.91 Å². The summed E-state index contributed by atoms with van der Waals surface area (Å²) in [4.78, 5) is 17.9. The first kappa shape index (κ1) is 12.0. The topological polar surface area (TPSA) is 71.2 Å². The van der Waals surface area contributed by atoms with Gasteiger partial charge in [-0.1, -0.05) is 0 Å². The van der Waals surface area contributed by atoms with Crippen LogP contribution in [0.15, 0.2) is 12.7 Å². The number of likely N-dealkylation sites (tertiary alicyclic amines) is 1. The first-order chi connectivity index (χ1) is 8.22. The molecule has 1 aliphatic rings. The molecule has 2 atom stereocenters. The number of carbonyl (C=O) groups excluding carboxylic acids is 1. The van der Waals surface area contributed by atoms with Crippen LogP contribution < -0.4 is 0 Å². The zero-order chi connectivity index (χ0) is 12.3.